The van der Waals surface area contributed by atoms with Crippen molar-refractivity contribution in [1.29, 1.82) is 0 Å². The number of para-hydroxylation sites is 1. The number of carbonyl (C=O) groups excluding carboxylic acids is 2. The Hall–Kier alpha value is -2.33. The molecule has 1 amide bonds. The number of amides is 1. The van der Waals surface area contributed by atoms with Gasteiger partial charge in [-0.15, -0.1) is 0 Å². The summed E-state index contributed by atoms with van der Waals surface area (Å²) in [5.41, 5.74) is 2.85. The van der Waals surface area contributed by atoms with E-state index >= 15 is 0 Å². The van der Waals surface area contributed by atoms with Crippen molar-refractivity contribution in [2.45, 2.75) is 25.8 Å². The SMILES string of the molecule is C[C@@H]1Cc2ccccc2N1C(=O)COC(=O)Cc1ccc(Cl)cc1. The Morgan fingerprint density at radius 2 is 1.88 bits per heavy atom. The second kappa shape index (κ2) is 7.05. The molecule has 0 fully saturated rings. The highest BCUT2D eigenvalue weighted by Crippen LogP contribution is 2.31. The average molecular weight is 344 g/mol. The molecule has 1 heterocycles. The summed E-state index contributed by atoms with van der Waals surface area (Å²) in [7, 11) is 0. The maximum atomic E-state index is 12.5. The molecule has 2 aromatic carbocycles. The first kappa shape index (κ1) is 16.5. The first-order valence-corrected chi connectivity index (χ1v) is 8.22. The topological polar surface area (TPSA) is 46.6 Å². The van der Waals surface area contributed by atoms with Crippen LogP contribution in [-0.4, -0.2) is 24.5 Å². The van der Waals surface area contributed by atoms with Gasteiger partial charge < -0.3 is 9.64 Å². The van der Waals surface area contributed by atoms with E-state index < -0.39 is 5.97 Å². The van der Waals surface area contributed by atoms with Crippen molar-refractivity contribution in [2.24, 2.45) is 0 Å². The molecule has 0 spiro atoms. The molecule has 124 valence electrons. The lowest BCUT2D eigenvalue weighted by Gasteiger charge is -2.22. The smallest absolute Gasteiger partial charge is 0.310 e. The van der Waals surface area contributed by atoms with Crippen LogP contribution in [0.25, 0.3) is 0 Å². The highest BCUT2D eigenvalue weighted by Gasteiger charge is 2.30. The number of nitrogens with zero attached hydrogens (tertiary/aromatic N) is 1. The molecule has 4 nitrogen and oxygen atoms in total. The van der Waals surface area contributed by atoms with Gasteiger partial charge in [-0.25, -0.2) is 0 Å². The highest BCUT2D eigenvalue weighted by molar-refractivity contribution is 6.30. The van der Waals surface area contributed by atoms with Crippen LogP contribution in [0.5, 0.6) is 0 Å². The zero-order chi connectivity index (χ0) is 17.1. The number of esters is 1. The van der Waals surface area contributed by atoms with Gasteiger partial charge in [-0.2, -0.15) is 0 Å². The van der Waals surface area contributed by atoms with Crippen LogP contribution in [0.1, 0.15) is 18.1 Å². The standard InChI is InChI=1S/C19H18ClNO3/c1-13-10-15-4-2-3-5-17(15)21(13)18(22)12-24-19(23)11-14-6-8-16(20)9-7-14/h2-9,13H,10-12H2,1H3/t13-/m1/s1. The maximum absolute atomic E-state index is 12.5. The van der Waals surface area contributed by atoms with Crippen LogP contribution in [0, 0.1) is 0 Å². The third-order valence-electron chi connectivity index (χ3n) is 4.09. The molecule has 0 radical (unpaired) electrons. The molecule has 0 saturated carbocycles. The summed E-state index contributed by atoms with van der Waals surface area (Å²) in [5.74, 6) is -0.622. The minimum Gasteiger partial charge on any atom is -0.455 e. The summed E-state index contributed by atoms with van der Waals surface area (Å²) in [4.78, 5) is 26.1. The third-order valence-corrected chi connectivity index (χ3v) is 4.35. The van der Waals surface area contributed by atoms with E-state index in [1.807, 2.05) is 31.2 Å². The van der Waals surface area contributed by atoms with Crippen molar-refractivity contribution < 1.29 is 14.3 Å². The van der Waals surface area contributed by atoms with Crippen molar-refractivity contribution in [1.82, 2.24) is 0 Å². The van der Waals surface area contributed by atoms with E-state index in [1.165, 1.54) is 0 Å². The number of halogens is 1. The molecule has 2 aromatic rings. The lowest BCUT2D eigenvalue weighted by Crippen LogP contribution is -2.38. The van der Waals surface area contributed by atoms with E-state index in [4.69, 9.17) is 16.3 Å². The molecule has 1 aliphatic heterocycles. The molecule has 0 aliphatic carbocycles. The quantitative estimate of drug-likeness (QED) is 0.799. The largest absolute Gasteiger partial charge is 0.455 e. The van der Waals surface area contributed by atoms with Crippen molar-refractivity contribution in [3.05, 3.63) is 64.7 Å². The zero-order valence-corrected chi connectivity index (χ0v) is 14.1. The maximum Gasteiger partial charge on any atom is 0.310 e. The Balaban J connectivity index is 1.57. The fraction of sp³-hybridized carbons (Fsp3) is 0.263. The van der Waals surface area contributed by atoms with E-state index in [0.29, 0.717) is 5.02 Å². The van der Waals surface area contributed by atoms with Crippen LogP contribution >= 0.6 is 11.6 Å². The van der Waals surface area contributed by atoms with Crippen molar-refractivity contribution in [3.8, 4) is 0 Å². The van der Waals surface area contributed by atoms with Crippen LogP contribution in [0.15, 0.2) is 48.5 Å². The fourth-order valence-corrected chi connectivity index (χ4v) is 3.10. The van der Waals surface area contributed by atoms with E-state index in [2.05, 4.69) is 0 Å². The highest BCUT2D eigenvalue weighted by atomic mass is 35.5. The number of anilines is 1. The molecular weight excluding hydrogens is 326 g/mol. The van der Waals surface area contributed by atoms with Gasteiger partial charge >= 0.3 is 5.97 Å². The third kappa shape index (κ3) is 3.60. The molecule has 0 unspecified atom stereocenters. The number of rotatable bonds is 4. The van der Waals surface area contributed by atoms with E-state index in [1.54, 1.807) is 29.2 Å². The molecule has 0 bridgehead atoms. The van der Waals surface area contributed by atoms with Gasteiger partial charge in [0.25, 0.3) is 5.91 Å². The minimum atomic E-state index is -0.425. The van der Waals surface area contributed by atoms with Crippen molar-refractivity contribution >= 4 is 29.2 Å². The van der Waals surface area contributed by atoms with Gasteiger partial charge in [-0.3, -0.25) is 9.59 Å². The summed E-state index contributed by atoms with van der Waals surface area (Å²) in [6, 6.07) is 14.9. The Kier molecular flexibility index (Phi) is 4.86. The normalized spacial score (nSPS) is 15.9. The number of ether oxygens (including phenoxy) is 1. The van der Waals surface area contributed by atoms with Gasteiger partial charge in [-0.05, 0) is 42.7 Å². The van der Waals surface area contributed by atoms with E-state index in [9.17, 15) is 9.59 Å². The first-order valence-electron chi connectivity index (χ1n) is 7.84. The van der Waals surface area contributed by atoms with Crippen LogP contribution in [-0.2, 0) is 27.2 Å². The molecule has 24 heavy (non-hydrogen) atoms. The Labute approximate surface area is 146 Å². The van der Waals surface area contributed by atoms with E-state index in [-0.39, 0.29) is 25.0 Å². The molecule has 0 N–H and O–H groups in total. The van der Waals surface area contributed by atoms with Crippen LogP contribution < -0.4 is 4.90 Å². The number of hydrogen-bond donors (Lipinski definition) is 0. The molecule has 0 aromatic heterocycles. The Bertz CT molecular complexity index is 757. The van der Waals surface area contributed by atoms with Gasteiger partial charge in [0.2, 0.25) is 0 Å². The molecule has 0 saturated heterocycles. The Morgan fingerprint density at radius 1 is 1.17 bits per heavy atom. The van der Waals surface area contributed by atoms with E-state index in [0.717, 1.165) is 23.2 Å². The fourth-order valence-electron chi connectivity index (χ4n) is 2.98. The van der Waals surface area contributed by atoms with Crippen LogP contribution in [0.2, 0.25) is 5.02 Å². The summed E-state index contributed by atoms with van der Waals surface area (Å²) < 4.78 is 5.15. The minimum absolute atomic E-state index is 0.0740. The second-order valence-corrected chi connectivity index (χ2v) is 6.35. The lowest BCUT2D eigenvalue weighted by molar-refractivity contribution is -0.147. The van der Waals surface area contributed by atoms with Gasteiger partial charge in [-0.1, -0.05) is 41.9 Å². The monoisotopic (exact) mass is 343 g/mol. The predicted octanol–water partition coefficient (Wildman–Crippen LogP) is 3.40. The molecule has 3 rings (SSSR count). The average Bonchev–Trinajstić information content (AvgIpc) is 2.90. The second-order valence-electron chi connectivity index (χ2n) is 5.91. The van der Waals surface area contributed by atoms with Crippen molar-refractivity contribution in [2.75, 3.05) is 11.5 Å². The summed E-state index contributed by atoms with van der Waals surface area (Å²) in [5, 5.41) is 0.615. The zero-order valence-electron chi connectivity index (χ0n) is 13.4. The summed E-state index contributed by atoms with van der Waals surface area (Å²) in [6.07, 6.45) is 0.942. The molecule has 1 atom stereocenters. The van der Waals surface area contributed by atoms with Gasteiger partial charge in [0, 0.05) is 16.8 Å². The van der Waals surface area contributed by atoms with Crippen LogP contribution in [0.4, 0.5) is 5.69 Å². The molecular formula is C19H18ClNO3. The van der Waals surface area contributed by atoms with Crippen molar-refractivity contribution in [3.63, 3.8) is 0 Å². The number of benzene rings is 2. The lowest BCUT2D eigenvalue weighted by atomic mass is 10.1. The van der Waals surface area contributed by atoms with Crippen LogP contribution in [0.3, 0.4) is 0 Å². The summed E-state index contributed by atoms with van der Waals surface area (Å²) in [6.45, 7) is 1.75. The number of hydrogen-bond acceptors (Lipinski definition) is 3. The number of fused-ring (bicyclic) bond motifs is 1. The molecule has 5 heteroatoms. The van der Waals surface area contributed by atoms with Gasteiger partial charge in [0.1, 0.15) is 0 Å². The predicted molar refractivity (Wildman–Crippen MR) is 93.2 cm³/mol. The Morgan fingerprint density at radius 3 is 2.62 bits per heavy atom. The molecule has 1 aliphatic rings. The number of carbonyl (C=O) groups is 2. The summed E-state index contributed by atoms with van der Waals surface area (Å²) >= 11 is 5.81. The van der Waals surface area contributed by atoms with Gasteiger partial charge in [0.05, 0.1) is 6.42 Å². The van der Waals surface area contributed by atoms with Gasteiger partial charge in [0.15, 0.2) is 6.61 Å². The first-order chi connectivity index (χ1) is 11.5.